The molecule has 3 aromatic heterocycles. The van der Waals surface area contributed by atoms with Crippen molar-refractivity contribution < 1.29 is 18.3 Å². The third kappa shape index (κ3) is 4.53. The molecular weight excluding hydrogens is 507 g/mol. The van der Waals surface area contributed by atoms with Crippen LogP contribution in [0.1, 0.15) is 18.7 Å². The van der Waals surface area contributed by atoms with Gasteiger partial charge in [-0.15, -0.1) is 11.3 Å². The summed E-state index contributed by atoms with van der Waals surface area (Å²) in [5.41, 5.74) is 6.53. The second-order valence-electron chi connectivity index (χ2n) is 10.3. The van der Waals surface area contributed by atoms with Gasteiger partial charge in [-0.05, 0) is 26.0 Å². The van der Waals surface area contributed by atoms with E-state index >= 15 is 4.39 Å². The minimum Gasteiger partial charge on any atom is -0.430 e. The Morgan fingerprint density at radius 2 is 1.84 bits per heavy atom. The van der Waals surface area contributed by atoms with E-state index in [2.05, 4.69) is 20.8 Å². The molecule has 9 nitrogen and oxygen atoms in total. The number of nitrogens with zero attached hydrogens (tertiary/aromatic N) is 5. The molecule has 0 bridgehead atoms. The summed E-state index contributed by atoms with van der Waals surface area (Å²) in [6.07, 6.45) is 0. The van der Waals surface area contributed by atoms with Gasteiger partial charge in [0.15, 0.2) is 11.6 Å². The highest BCUT2D eigenvalue weighted by molar-refractivity contribution is 7.19. The number of carbonyl (C=O) groups is 1. The van der Waals surface area contributed by atoms with Crippen LogP contribution in [0, 0.1) is 6.01 Å². The van der Waals surface area contributed by atoms with Gasteiger partial charge in [0.1, 0.15) is 11.1 Å². The first-order chi connectivity index (χ1) is 18.3. The summed E-state index contributed by atoms with van der Waals surface area (Å²) in [6, 6.07) is 8.67. The number of thiophene rings is 1. The Hall–Kier alpha value is -3.12. The molecular formula is C27H31FN6O3S. The van der Waals surface area contributed by atoms with E-state index in [9.17, 15) is 4.79 Å². The van der Waals surface area contributed by atoms with Crippen molar-refractivity contribution in [3.8, 4) is 11.4 Å². The van der Waals surface area contributed by atoms with Crippen molar-refractivity contribution in [1.82, 2.24) is 19.8 Å². The van der Waals surface area contributed by atoms with E-state index in [0.29, 0.717) is 43.1 Å². The molecule has 11 heteroatoms. The molecule has 0 saturated carbocycles. The van der Waals surface area contributed by atoms with Crippen molar-refractivity contribution in [2.75, 3.05) is 57.4 Å². The van der Waals surface area contributed by atoms with Gasteiger partial charge < -0.3 is 19.8 Å². The molecule has 38 heavy (non-hydrogen) atoms. The Kier molecular flexibility index (Phi) is 6.55. The standard InChI is InChI=1S/C27H31FN6O3S/c1-27(2,26(29)35)34-9-7-32(8-10-34)16-17-15-19-22(38-17)25(33-11-13-36-14-12-33)31-24(30-19)21-18-5-3-4-6-20(18)37-23(21)28/h3-6,15H,7-14,16H2,1-2H3,(H2,29,35). The smallest absolute Gasteiger partial charge is 0.290 e. The molecule has 200 valence electrons. The van der Waals surface area contributed by atoms with Crippen LogP contribution in [-0.2, 0) is 16.1 Å². The molecule has 5 heterocycles. The zero-order chi connectivity index (χ0) is 26.4. The van der Waals surface area contributed by atoms with Crippen molar-refractivity contribution in [2.45, 2.75) is 25.9 Å². The van der Waals surface area contributed by atoms with E-state index in [1.807, 2.05) is 32.0 Å². The van der Waals surface area contributed by atoms with Gasteiger partial charge in [-0.2, -0.15) is 4.39 Å². The fourth-order valence-electron chi connectivity index (χ4n) is 5.21. The Morgan fingerprint density at radius 1 is 1.11 bits per heavy atom. The molecule has 0 aliphatic carbocycles. The number of fused-ring (bicyclic) bond motifs is 2. The minimum atomic E-state index is -0.675. The number of piperazine rings is 1. The molecule has 2 fully saturated rings. The summed E-state index contributed by atoms with van der Waals surface area (Å²) in [4.78, 5) is 29.5. The van der Waals surface area contributed by atoms with E-state index in [1.165, 1.54) is 4.88 Å². The monoisotopic (exact) mass is 538 g/mol. The third-order valence-electron chi connectivity index (χ3n) is 7.64. The van der Waals surface area contributed by atoms with Crippen molar-refractivity contribution in [3.63, 3.8) is 0 Å². The van der Waals surface area contributed by atoms with Crippen LogP contribution in [0.25, 0.3) is 32.6 Å². The number of hydrogen-bond donors (Lipinski definition) is 1. The van der Waals surface area contributed by atoms with Gasteiger partial charge in [0.2, 0.25) is 5.91 Å². The SMILES string of the molecule is CC(C)(C(N)=O)N1CCN(Cc2cc3nc(-c4c(F)oc5ccccc45)nc(N4CCOCC4)c3s2)CC1. The quantitative estimate of drug-likeness (QED) is 0.398. The van der Waals surface area contributed by atoms with E-state index in [1.54, 1.807) is 17.4 Å². The maximum Gasteiger partial charge on any atom is 0.290 e. The number of primary amides is 1. The highest BCUT2D eigenvalue weighted by Crippen LogP contribution is 2.38. The second kappa shape index (κ2) is 9.88. The van der Waals surface area contributed by atoms with Gasteiger partial charge in [0.25, 0.3) is 6.01 Å². The number of rotatable bonds is 6. The normalized spacial score (nSPS) is 18.0. The van der Waals surface area contributed by atoms with Crippen LogP contribution in [0.4, 0.5) is 10.2 Å². The lowest BCUT2D eigenvalue weighted by atomic mass is 10.0. The molecule has 2 aliphatic heterocycles. The molecule has 2 saturated heterocycles. The Morgan fingerprint density at radius 3 is 2.58 bits per heavy atom. The molecule has 1 amide bonds. The van der Waals surface area contributed by atoms with Gasteiger partial charge >= 0.3 is 0 Å². The van der Waals surface area contributed by atoms with Crippen LogP contribution in [0.5, 0.6) is 0 Å². The van der Waals surface area contributed by atoms with Crippen molar-refractivity contribution in [3.05, 3.63) is 41.2 Å². The largest absolute Gasteiger partial charge is 0.430 e. The zero-order valence-electron chi connectivity index (χ0n) is 21.6. The fourth-order valence-corrected chi connectivity index (χ4v) is 6.36. The summed E-state index contributed by atoms with van der Waals surface area (Å²) in [5.74, 6) is 0.831. The van der Waals surface area contributed by atoms with Crippen LogP contribution < -0.4 is 10.6 Å². The number of benzene rings is 1. The summed E-state index contributed by atoms with van der Waals surface area (Å²) in [6.45, 7) is 10.4. The Balaban J connectivity index is 1.33. The second-order valence-corrected chi connectivity index (χ2v) is 11.5. The molecule has 2 aliphatic rings. The van der Waals surface area contributed by atoms with E-state index in [4.69, 9.17) is 24.9 Å². The van der Waals surface area contributed by atoms with E-state index in [-0.39, 0.29) is 11.5 Å². The molecule has 0 atom stereocenters. The van der Waals surface area contributed by atoms with Crippen LogP contribution in [-0.4, -0.2) is 83.7 Å². The number of aromatic nitrogens is 2. The lowest BCUT2D eigenvalue weighted by molar-refractivity contribution is -0.129. The van der Waals surface area contributed by atoms with Crippen LogP contribution >= 0.6 is 11.3 Å². The van der Waals surface area contributed by atoms with Gasteiger partial charge in [0.05, 0.1) is 29.0 Å². The van der Waals surface area contributed by atoms with Gasteiger partial charge in [-0.1, -0.05) is 18.2 Å². The predicted octanol–water partition coefficient (Wildman–Crippen LogP) is 3.46. The maximum atomic E-state index is 15.0. The zero-order valence-corrected chi connectivity index (χ0v) is 22.4. The Labute approximate surface area is 224 Å². The first kappa shape index (κ1) is 25.2. The van der Waals surface area contributed by atoms with E-state index < -0.39 is 11.6 Å². The van der Waals surface area contributed by atoms with Crippen molar-refractivity contribution in [1.29, 1.82) is 0 Å². The molecule has 6 rings (SSSR count). The number of amides is 1. The van der Waals surface area contributed by atoms with Crippen LogP contribution in [0.3, 0.4) is 0 Å². The summed E-state index contributed by atoms with van der Waals surface area (Å²) < 4.78 is 27.0. The van der Waals surface area contributed by atoms with Crippen LogP contribution in [0.15, 0.2) is 34.7 Å². The van der Waals surface area contributed by atoms with Gasteiger partial charge in [-0.25, -0.2) is 9.97 Å². The van der Waals surface area contributed by atoms with Gasteiger partial charge in [-0.3, -0.25) is 14.6 Å². The molecule has 1 aromatic carbocycles. The highest BCUT2D eigenvalue weighted by atomic mass is 32.1. The maximum absolute atomic E-state index is 15.0. The average Bonchev–Trinajstić information content (AvgIpc) is 3.48. The van der Waals surface area contributed by atoms with E-state index in [0.717, 1.165) is 48.8 Å². The Bertz CT molecular complexity index is 1490. The topological polar surface area (TPSA) is 101 Å². The summed E-state index contributed by atoms with van der Waals surface area (Å²) in [7, 11) is 0. The first-order valence-electron chi connectivity index (χ1n) is 12.9. The van der Waals surface area contributed by atoms with Gasteiger partial charge in [0, 0.05) is 56.1 Å². The number of hydrogen-bond acceptors (Lipinski definition) is 9. The number of ether oxygens (including phenoxy) is 1. The predicted molar refractivity (Wildman–Crippen MR) is 146 cm³/mol. The summed E-state index contributed by atoms with van der Waals surface area (Å²) in [5, 5.41) is 0.657. The number of anilines is 1. The number of carbonyl (C=O) groups excluding carboxylic acids is 1. The molecule has 0 radical (unpaired) electrons. The fraction of sp³-hybridized carbons (Fsp3) is 0.444. The third-order valence-corrected chi connectivity index (χ3v) is 8.74. The molecule has 0 unspecified atom stereocenters. The van der Waals surface area contributed by atoms with Crippen molar-refractivity contribution >= 4 is 44.2 Å². The first-order valence-corrected chi connectivity index (χ1v) is 13.7. The number of morpholine rings is 1. The van der Waals surface area contributed by atoms with Crippen molar-refractivity contribution in [2.24, 2.45) is 5.73 Å². The number of para-hydroxylation sites is 1. The number of halogens is 1. The highest BCUT2D eigenvalue weighted by Gasteiger charge is 2.35. The minimum absolute atomic E-state index is 0.290. The number of nitrogens with two attached hydrogens (primary N) is 1. The van der Waals surface area contributed by atoms with Crippen LogP contribution in [0.2, 0.25) is 0 Å². The lowest BCUT2D eigenvalue weighted by Crippen LogP contribution is -2.59. The number of furan rings is 1. The average molecular weight is 539 g/mol. The molecule has 2 N–H and O–H groups in total. The molecule has 4 aromatic rings. The summed E-state index contributed by atoms with van der Waals surface area (Å²) >= 11 is 1.68. The molecule has 0 spiro atoms. The lowest BCUT2D eigenvalue weighted by Gasteiger charge is -2.42.